The quantitative estimate of drug-likeness (QED) is 0.689. The average molecular weight is 285 g/mol. The van der Waals surface area contributed by atoms with Crippen molar-refractivity contribution in [1.82, 2.24) is 9.55 Å². The molecule has 0 fully saturated rings. The van der Waals surface area contributed by atoms with Gasteiger partial charge in [0.2, 0.25) is 0 Å². The van der Waals surface area contributed by atoms with E-state index in [0.29, 0.717) is 17.0 Å². The summed E-state index contributed by atoms with van der Waals surface area (Å²) < 4.78 is 2.08. The summed E-state index contributed by atoms with van der Waals surface area (Å²) in [5, 5.41) is 0.483. The van der Waals surface area contributed by atoms with Crippen LogP contribution in [0.3, 0.4) is 0 Å². The Labute approximate surface area is 121 Å². The lowest BCUT2D eigenvalue weighted by atomic mass is 10.1. The van der Waals surface area contributed by atoms with Gasteiger partial charge in [0.05, 0.1) is 16.1 Å². The molecule has 0 aliphatic carbocycles. The van der Waals surface area contributed by atoms with Gasteiger partial charge in [0.15, 0.2) is 6.29 Å². The molecule has 1 heterocycles. The highest BCUT2D eigenvalue weighted by molar-refractivity contribution is 6.33. The topological polar surface area (TPSA) is 34.9 Å². The lowest BCUT2D eigenvalue weighted by Crippen LogP contribution is -1.99. The lowest BCUT2D eigenvalue weighted by molar-refractivity contribution is 0.112. The van der Waals surface area contributed by atoms with Crippen LogP contribution in [0.25, 0.3) is 11.0 Å². The van der Waals surface area contributed by atoms with Crippen LogP contribution in [0.15, 0.2) is 42.5 Å². The van der Waals surface area contributed by atoms with E-state index in [1.807, 2.05) is 43.4 Å². The van der Waals surface area contributed by atoms with E-state index in [9.17, 15) is 4.79 Å². The average Bonchev–Trinajstić information content (AvgIpc) is 2.76. The van der Waals surface area contributed by atoms with E-state index in [4.69, 9.17) is 11.6 Å². The third kappa shape index (κ3) is 2.21. The fraction of sp³-hybridized carbons (Fsp3) is 0.125. The predicted molar refractivity (Wildman–Crippen MR) is 80.4 cm³/mol. The number of rotatable bonds is 3. The van der Waals surface area contributed by atoms with E-state index in [1.54, 1.807) is 6.07 Å². The van der Waals surface area contributed by atoms with Crippen LogP contribution in [0, 0.1) is 0 Å². The highest BCUT2D eigenvalue weighted by atomic mass is 35.5. The molecular weight excluding hydrogens is 272 g/mol. The summed E-state index contributed by atoms with van der Waals surface area (Å²) in [6, 6.07) is 13.5. The van der Waals surface area contributed by atoms with Crippen molar-refractivity contribution in [1.29, 1.82) is 0 Å². The summed E-state index contributed by atoms with van der Waals surface area (Å²) >= 11 is 6.06. The van der Waals surface area contributed by atoms with Gasteiger partial charge in [0.1, 0.15) is 5.82 Å². The van der Waals surface area contributed by atoms with Crippen LogP contribution in [-0.4, -0.2) is 15.8 Å². The molecular formula is C16H13ClN2O. The summed E-state index contributed by atoms with van der Waals surface area (Å²) in [7, 11) is 2.01. The minimum absolute atomic E-state index is 0.483. The molecule has 3 rings (SSSR count). The lowest BCUT2D eigenvalue weighted by Gasteiger charge is -2.04. The molecule has 2 aromatic carbocycles. The molecule has 20 heavy (non-hydrogen) atoms. The van der Waals surface area contributed by atoms with E-state index in [1.165, 1.54) is 0 Å². The van der Waals surface area contributed by atoms with Crippen LogP contribution in [0.5, 0.6) is 0 Å². The van der Waals surface area contributed by atoms with Crippen molar-refractivity contribution < 1.29 is 4.79 Å². The van der Waals surface area contributed by atoms with E-state index < -0.39 is 0 Å². The van der Waals surface area contributed by atoms with Gasteiger partial charge in [-0.3, -0.25) is 4.79 Å². The van der Waals surface area contributed by atoms with Gasteiger partial charge in [-0.15, -0.1) is 0 Å². The van der Waals surface area contributed by atoms with E-state index in [-0.39, 0.29) is 0 Å². The van der Waals surface area contributed by atoms with Gasteiger partial charge in [-0.2, -0.15) is 0 Å². The Morgan fingerprint density at radius 1 is 1.25 bits per heavy atom. The number of imidazole rings is 1. The van der Waals surface area contributed by atoms with E-state index >= 15 is 0 Å². The number of nitrogens with zero attached hydrogens (tertiary/aromatic N) is 2. The molecule has 100 valence electrons. The zero-order chi connectivity index (χ0) is 14.1. The predicted octanol–water partition coefficient (Wildman–Crippen LogP) is 3.63. The second-order valence-corrected chi connectivity index (χ2v) is 5.13. The standard InChI is InChI=1S/C16H13ClN2O/c1-19-15-5-3-2-4-14(15)18-16(19)9-11-6-7-12(10-20)13(17)8-11/h2-8,10H,9H2,1H3. The van der Waals surface area contributed by atoms with Crippen molar-refractivity contribution in [3.63, 3.8) is 0 Å². The largest absolute Gasteiger partial charge is 0.331 e. The maximum atomic E-state index is 10.8. The smallest absolute Gasteiger partial charge is 0.151 e. The number of halogens is 1. The summed E-state index contributed by atoms with van der Waals surface area (Å²) in [5.41, 5.74) is 3.65. The zero-order valence-electron chi connectivity index (χ0n) is 11.0. The van der Waals surface area contributed by atoms with Crippen molar-refractivity contribution in [2.24, 2.45) is 7.05 Å². The van der Waals surface area contributed by atoms with Crippen LogP contribution < -0.4 is 0 Å². The number of para-hydroxylation sites is 2. The minimum Gasteiger partial charge on any atom is -0.331 e. The fourth-order valence-electron chi connectivity index (χ4n) is 2.31. The van der Waals surface area contributed by atoms with Gasteiger partial charge in [0, 0.05) is 19.0 Å². The maximum Gasteiger partial charge on any atom is 0.151 e. The van der Waals surface area contributed by atoms with Crippen LogP contribution in [0.4, 0.5) is 0 Å². The second kappa shape index (κ2) is 5.10. The molecule has 0 aliphatic rings. The fourth-order valence-corrected chi connectivity index (χ4v) is 2.56. The molecule has 4 heteroatoms. The molecule has 0 saturated carbocycles. The number of hydrogen-bond acceptors (Lipinski definition) is 2. The Kier molecular flexibility index (Phi) is 3.28. The summed E-state index contributed by atoms with van der Waals surface area (Å²) in [4.78, 5) is 15.4. The number of benzene rings is 2. The first-order valence-electron chi connectivity index (χ1n) is 6.33. The molecule has 0 radical (unpaired) electrons. The molecule has 0 bridgehead atoms. The van der Waals surface area contributed by atoms with Crippen molar-refractivity contribution >= 4 is 28.9 Å². The van der Waals surface area contributed by atoms with Gasteiger partial charge in [-0.05, 0) is 29.8 Å². The van der Waals surface area contributed by atoms with Crippen LogP contribution in [0.2, 0.25) is 5.02 Å². The summed E-state index contributed by atoms with van der Waals surface area (Å²) in [6.45, 7) is 0. The van der Waals surface area contributed by atoms with Crippen LogP contribution >= 0.6 is 11.6 Å². The Morgan fingerprint density at radius 3 is 2.75 bits per heavy atom. The molecule has 0 spiro atoms. The number of aromatic nitrogens is 2. The number of hydrogen-bond donors (Lipinski definition) is 0. The van der Waals surface area contributed by atoms with Gasteiger partial charge in [0.25, 0.3) is 0 Å². The van der Waals surface area contributed by atoms with Gasteiger partial charge in [-0.1, -0.05) is 29.8 Å². The normalized spacial score (nSPS) is 10.9. The molecule has 0 amide bonds. The van der Waals surface area contributed by atoms with Crippen molar-refractivity contribution in [2.75, 3.05) is 0 Å². The first kappa shape index (κ1) is 12.9. The second-order valence-electron chi connectivity index (χ2n) is 4.73. The molecule has 0 aliphatic heterocycles. The number of fused-ring (bicyclic) bond motifs is 1. The highest BCUT2D eigenvalue weighted by Crippen LogP contribution is 2.20. The Bertz CT molecular complexity index is 792. The van der Waals surface area contributed by atoms with Crippen LogP contribution in [-0.2, 0) is 13.5 Å². The van der Waals surface area contributed by atoms with Gasteiger partial charge >= 0.3 is 0 Å². The van der Waals surface area contributed by atoms with Gasteiger partial charge < -0.3 is 4.57 Å². The number of aldehydes is 1. The molecule has 0 saturated heterocycles. The third-order valence-corrected chi connectivity index (χ3v) is 3.76. The Balaban J connectivity index is 1.99. The first-order valence-corrected chi connectivity index (χ1v) is 6.71. The molecule has 0 unspecified atom stereocenters. The van der Waals surface area contributed by atoms with Crippen molar-refractivity contribution in [2.45, 2.75) is 6.42 Å². The highest BCUT2D eigenvalue weighted by Gasteiger charge is 2.09. The van der Waals surface area contributed by atoms with E-state index in [2.05, 4.69) is 9.55 Å². The third-order valence-electron chi connectivity index (χ3n) is 3.43. The van der Waals surface area contributed by atoms with Crippen molar-refractivity contribution in [3.8, 4) is 0 Å². The number of carbonyl (C=O) groups is 1. The number of carbonyl (C=O) groups excluding carboxylic acids is 1. The van der Waals surface area contributed by atoms with Crippen molar-refractivity contribution in [3.05, 3.63) is 64.4 Å². The molecule has 0 N–H and O–H groups in total. The molecule has 3 aromatic rings. The summed E-state index contributed by atoms with van der Waals surface area (Å²) in [5.74, 6) is 0.973. The number of aryl methyl sites for hydroxylation is 1. The Hall–Kier alpha value is -2.13. The SMILES string of the molecule is Cn1c(Cc2ccc(C=O)c(Cl)c2)nc2ccccc21. The summed E-state index contributed by atoms with van der Waals surface area (Å²) in [6.07, 6.45) is 1.45. The maximum absolute atomic E-state index is 10.8. The monoisotopic (exact) mass is 284 g/mol. The van der Waals surface area contributed by atoms with E-state index in [0.717, 1.165) is 28.7 Å². The van der Waals surface area contributed by atoms with Gasteiger partial charge in [-0.25, -0.2) is 4.98 Å². The molecule has 3 nitrogen and oxygen atoms in total. The minimum atomic E-state index is 0.483. The molecule has 0 atom stereocenters. The zero-order valence-corrected chi connectivity index (χ0v) is 11.8. The Morgan fingerprint density at radius 2 is 2.05 bits per heavy atom. The molecule has 1 aromatic heterocycles. The van der Waals surface area contributed by atoms with Crippen LogP contribution in [0.1, 0.15) is 21.7 Å². The first-order chi connectivity index (χ1) is 9.69.